The van der Waals surface area contributed by atoms with Crippen molar-refractivity contribution in [2.45, 2.75) is 39.2 Å². The van der Waals surface area contributed by atoms with Gasteiger partial charge in [-0.05, 0) is 17.8 Å². The van der Waals surface area contributed by atoms with Crippen molar-refractivity contribution in [3.8, 4) is 11.8 Å². The standard InChI is InChI=1S/C14H22N2O3/c1-4-13(2,3)8-11-7-12(19-16-11)5-6-14(15,9-17)10-18/h7,17-18H,4,8-10,15H2,1-3H3. The molecule has 0 aromatic carbocycles. The molecule has 0 atom stereocenters. The van der Waals surface area contributed by atoms with Gasteiger partial charge in [0.25, 0.3) is 0 Å². The summed E-state index contributed by atoms with van der Waals surface area (Å²) in [5.74, 6) is 5.67. The van der Waals surface area contributed by atoms with Crippen molar-refractivity contribution in [3.63, 3.8) is 0 Å². The lowest BCUT2D eigenvalue weighted by Crippen LogP contribution is -2.45. The summed E-state index contributed by atoms with van der Waals surface area (Å²) in [6.45, 7) is 5.62. The van der Waals surface area contributed by atoms with Crippen LogP contribution in [0.3, 0.4) is 0 Å². The van der Waals surface area contributed by atoms with E-state index in [1.165, 1.54) is 0 Å². The van der Waals surface area contributed by atoms with Crippen molar-refractivity contribution >= 4 is 0 Å². The molecule has 0 fully saturated rings. The first-order chi connectivity index (χ1) is 8.84. The molecule has 106 valence electrons. The lowest BCUT2D eigenvalue weighted by atomic mass is 9.85. The largest absolute Gasteiger partial charge is 0.393 e. The molecule has 5 heteroatoms. The van der Waals surface area contributed by atoms with Gasteiger partial charge in [0, 0.05) is 6.07 Å². The van der Waals surface area contributed by atoms with Gasteiger partial charge < -0.3 is 20.5 Å². The summed E-state index contributed by atoms with van der Waals surface area (Å²) >= 11 is 0. The highest BCUT2D eigenvalue weighted by molar-refractivity contribution is 5.30. The molecule has 0 spiro atoms. The van der Waals surface area contributed by atoms with Crippen LogP contribution in [0.5, 0.6) is 0 Å². The second kappa shape index (κ2) is 6.20. The van der Waals surface area contributed by atoms with Crippen molar-refractivity contribution in [1.82, 2.24) is 5.16 Å². The molecule has 0 unspecified atom stereocenters. The number of nitrogens with two attached hydrogens (primary N) is 1. The Hall–Kier alpha value is -1.35. The van der Waals surface area contributed by atoms with Gasteiger partial charge in [0.05, 0.1) is 18.9 Å². The second-order valence-corrected chi connectivity index (χ2v) is 5.60. The minimum atomic E-state index is -1.31. The summed E-state index contributed by atoms with van der Waals surface area (Å²) in [5, 5.41) is 22.0. The Morgan fingerprint density at radius 3 is 2.53 bits per heavy atom. The van der Waals surface area contributed by atoms with E-state index in [9.17, 15) is 0 Å². The Labute approximate surface area is 113 Å². The van der Waals surface area contributed by atoms with Crippen molar-refractivity contribution in [1.29, 1.82) is 0 Å². The van der Waals surface area contributed by atoms with Gasteiger partial charge in [-0.1, -0.05) is 38.3 Å². The maximum absolute atomic E-state index is 9.02. The molecule has 5 nitrogen and oxygen atoms in total. The van der Waals surface area contributed by atoms with Crippen LogP contribution in [0, 0.1) is 17.3 Å². The molecule has 0 aliphatic rings. The first kappa shape index (κ1) is 15.7. The van der Waals surface area contributed by atoms with Crippen molar-refractivity contribution in [2.24, 2.45) is 11.1 Å². The minimum absolute atomic E-state index is 0.162. The first-order valence-corrected chi connectivity index (χ1v) is 6.33. The highest BCUT2D eigenvalue weighted by Crippen LogP contribution is 2.24. The van der Waals surface area contributed by atoms with Crippen molar-refractivity contribution in [2.75, 3.05) is 13.2 Å². The zero-order chi connectivity index (χ0) is 14.5. The first-order valence-electron chi connectivity index (χ1n) is 6.33. The highest BCUT2D eigenvalue weighted by Gasteiger charge is 2.20. The van der Waals surface area contributed by atoms with E-state index in [4.69, 9.17) is 20.5 Å². The van der Waals surface area contributed by atoms with E-state index in [0.717, 1.165) is 18.5 Å². The highest BCUT2D eigenvalue weighted by atomic mass is 16.5. The van der Waals surface area contributed by atoms with Crippen LogP contribution < -0.4 is 5.73 Å². The fourth-order valence-electron chi connectivity index (χ4n) is 1.38. The van der Waals surface area contributed by atoms with Crippen LogP contribution in [0.15, 0.2) is 10.6 Å². The van der Waals surface area contributed by atoms with Gasteiger partial charge in [-0.3, -0.25) is 0 Å². The summed E-state index contributed by atoms with van der Waals surface area (Å²) in [5.41, 5.74) is 5.33. The lowest BCUT2D eigenvalue weighted by Gasteiger charge is -2.20. The number of nitrogens with zero attached hydrogens (tertiary/aromatic N) is 1. The third-order valence-corrected chi connectivity index (χ3v) is 3.17. The number of hydrogen-bond acceptors (Lipinski definition) is 5. The maximum Gasteiger partial charge on any atom is 0.209 e. The quantitative estimate of drug-likeness (QED) is 0.682. The zero-order valence-electron chi connectivity index (χ0n) is 11.7. The van der Waals surface area contributed by atoms with Crippen LogP contribution in [0.1, 0.15) is 38.6 Å². The Bertz CT molecular complexity index is 465. The number of rotatable bonds is 5. The Kier molecular flexibility index (Phi) is 5.12. The van der Waals surface area contributed by atoms with Crippen LogP contribution in [-0.2, 0) is 6.42 Å². The number of aromatic nitrogens is 1. The molecular weight excluding hydrogens is 244 g/mol. The van der Waals surface area contributed by atoms with Gasteiger partial charge in [0.2, 0.25) is 5.76 Å². The molecule has 0 aliphatic heterocycles. The van der Waals surface area contributed by atoms with E-state index in [1.54, 1.807) is 6.07 Å². The fourth-order valence-corrected chi connectivity index (χ4v) is 1.38. The molecule has 1 aromatic heterocycles. The molecule has 1 rings (SSSR count). The Morgan fingerprint density at radius 2 is 2.00 bits per heavy atom. The smallest absolute Gasteiger partial charge is 0.209 e. The van der Waals surface area contributed by atoms with E-state index in [0.29, 0.717) is 5.76 Å². The molecule has 0 bridgehead atoms. The molecular formula is C14H22N2O3. The van der Waals surface area contributed by atoms with Gasteiger partial charge in [-0.25, -0.2) is 0 Å². The summed E-state index contributed by atoms with van der Waals surface area (Å²) in [6.07, 6.45) is 1.85. The van der Waals surface area contributed by atoms with Crippen molar-refractivity contribution in [3.05, 3.63) is 17.5 Å². The molecule has 0 radical (unpaired) electrons. The Balaban J connectivity index is 2.79. The van der Waals surface area contributed by atoms with Crippen LogP contribution in [0.25, 0.3) is 0 Å². The van der Waals surface area contributed by atoms with E-state index in [2.05, 4.69) is 37.8 Å². The van der Waals surface area contributed by atoms with Crippen molar-refractivity contribution < 1.29 is 14.7 Å². The number of aliphatic hydroxyl groups excluding tert-OH is 2. The molecule has 0 saturated heterocycles. The maximum atomic E-state index is 9.02. The zero-order valence-corrected chi connectivity index (χ0v) is 11.7. The summed E-state index contributed by atoms with van der Waals surface area (Å²) in [7, 11) is 0. The summed E-state index contributed by atoms with van der Waals surface area (Å²) in [4.78, 5) is 0. The van der Waals surface area contributed by atoms with Crippen LogP contribution in [0.4, 0.5) is 0 Å². The monoisotopic (exact) mass is 266 g/mol. The fraction of sp³-hybridized carbons (Fsp3) is 0.643. The molecule has 0 saturated carbocycles. The van der Waals surface area contributed by atoms with E-state index < -0.39 is 18.8 Å². The molecule has 0 amide bonds. The van der Waals surface area contributed by atoms with E-state index in [1.807, 2.05) is 0 Å². The molecule has 4 N–H and O–H groups in total. The average Bonchev–Trinajstić information content (AvgIpc) is 2.83. The topological polar surface area (TPSA) is 92.5 Å². The van der Waals surface area contributed by atoms with Gasteiger partial charge in [0.1, 0.15) is 5.54 Å². The lowest BCUT2D eigenvalue weighted by molar-refractivity contribution is 0.158. The molecule has 1 aromatic rings. The third-order valence-electron chi connectivity index (χ3n) is 3.17. The van der Waals surface area contributed by atoms with Gasteiger partial charge in [0.15, 0.2) is 0 Å². The average molecular weight is 266 g/mol. The summed E-state index contributed by atoms with van der Waals surface area (Å²) < 4.78 is 5.10. The number of aliphatic hydroxyl groups is 2. The molecule has 0 aliphatic carbocycles. The molecule has 19 heavy (non-hydrogen) atoms. The van der Waals surface area contributed by atoms with Gasteiger partial charge in [-0.15, -0.1) is 0 Å². The third kappa shape index (κ3) is 4.67. The van der Waals surface area contributed by atoms with E-state index in [-0.39, 0.29) is 5.41 Å². The van der Waals surface area contributed by atoms with Crippen LogP contribution in [-0.4, -0.2) is 34.1 Å². The normalized spacial score (nSPS) is 12.1. The van der Waals surface area contributed by atoms with Crippen LogP contribution >= 0.6 is 0 Å². The predicted octanol–water partition coefficient (Wildman–Crippen LogP) is 0.687. The number of hydrogen-bond donors (Lipinski definition) is 3. The Morgan fingerprint density at radius 1 is 1.37 bits per heavy atom. The SMILES string of the molecule is CCC(C)(C)Cc1cc(C#CC(N)(CO)CO)on1. The van der Waals surface area contributed by atoms with Crippen LogP contribution in [0.2, 0.25) is 0 Å². The van der Waals surface area contributed by atoms with Gasteiger partial charge in [-0.2, -0.15) is 0 Å². The second-order valence-electron chi connectivity index (χ2n) is 5.60. The van der Waals surface area contributed by atoms with Gasteiger partial charge >= 0.3 is 0 Å². The summed E-state index contributed by atoms with van der Waals surface area (Å²) in [6, 6.07) is 1.76. The predicted molar refractivity (Wildman–Crippen MR) is 72.2 cm³/mol. The van der Waals surface area contributed by atoms with E-state index >= 15 is 0 Å². The minimum Gasteiger partial charge on any atom is -0.393 e. The molecule has 1 heterocycles.